The van der Waals surface area contributed by atoms with Crippen molar-refractivity contribution in [2.24, 2.45) is 10.9 Å². The van der Waals surface area contributed by atoms with Crippen molar-refractivity contribution in [3.63, 3.8) is 0 Å². The van der Waals surface area contributed by atoms with Gasteiger partial charge in [0.25, 0.3) is 0 Å². The predicted molar refractivity (Wildman–Crippen MR) is 56.6 cm³/mol. The summed E-state index contributed by atoms with van der Waals surface area (Å²) in [5.41, 5.74) is 6.13. The van der Waals surface area contributed by atoms with Gasteiger partial charge in [-0.2, -0.15) is 0 Å². The Labute approximate surface area is 82.8 Å². The van der Waals surface area contributed by atoms with Gasteiger partial charge in [0.05, 0.1) is 0 Å². The van der Waals surface area contributed by atoms with Gasteiger partial charge >= 0.3 is 0 Å². The molecule has 1 aromatic carbocycles. The van der Waals surface area contributed by atoms with Crippen molar-refractivity contribution in [1.82, 2.24) is 0 Å². The molecule has 0 radical (unpaired) electrons. The van der Waals surface area contributed by atoms with Gasteiger partial charge in [-0.15, -0.1) is 0 Å². The average molecular weight is 188 g/mol. The highest BCUT2D eigenvalue weighted by atomic mass is 16.4. The van der Waals surface area contributed by atoms with E-state index in [0.29, 0.717) is 5.56 Å². The lowest BCUT2D eigenvalue weighted by atomic mass is 10.2. The second kappa shape index (κ2) is 5.59. The third-order valence-corrected chi connectivity index (χ3v) is 1.62. The maximum atomic E-state index is 8.51. The van der Waals surface area contributed by atoms with Gasteiger partial charge in [-0.05, 0) is 0 Å². The average Bonchev–Trinajstić information content (AvgIpc) is 2.24. The van der Waals surface area contributed by atoms with Gasteiger partial charge in [-0.25, -0.2) is 0 Å². The molecule has 0 spiro atoms. The van der Waals surface area contributed by atoms with E-state index < -0.39 is 0 Å². The molecule has 0 aliphatic rings. The number of oxime groups is 1. The molecular weight excluding hydrogens is 176 g/mol. The van der Waals surface area contributed by atoms with Gasteiger partial charge in [0.2, 0.25) is 0 Å². The van der Waals surface area contributed by atoms with E-state index in [0.717, 1.165) is 0 Å². The van der Waals surface area contributed by atoms with Crippen molar-refractivity contribution in [2.75, 3.05) is 0 Å². The summed E-state index contributed by atoms with van der Waals surface area (Å²) in [7, 11) is 0. The number of rotatable bonds is 1. The zero-order chi connectivity index (χ0) is 10.2. The zero-order valence-electron chi connectivity index (χ0n) is 7.67. The Kier molecular flexibility index (Phi) is 4.01. The molecular formula is C11H12N2O. The number of nitrogens with two attached hydrogens (primary N) is 1. The van der Waals surface area contributed by atoms with Crippen LogP contribution in [0.5, 0.6) is 0 Å². The molecule has 14 heavy (non-hydrogen) atoms. The molecule has 0 aromatic heterocycles. The fraction of sp³-hybridized carbons (Fsp3) is 0. The van der Waals surface area contributed by atoms with Crippen LogP contribution in [0, 0.1) is 0 Å². The molecule has 0 aliphatic carbocycles. The van der Waals surface area contributed by atoms with E-state index in [-0.39, 0.29) is 5.84 Å². The highest BCUT2D eigenvalue weighted by Crippen LogP contribution is 1.93. The van der Waals surface area contributed by atoms with Gasteiger partial charge in [-0.3, -0.25) is 0 Å². The lowest BCUT2D eigenvalue weighted by molar-refractivity contribution is 0.318. The summed E-state index contributed by atoms with van der Waals surface area (Å²) < 4.78 is 0. The van der Waals surface area contributed by atoms with Crippen molar-refractivity contribution in [1.29, 1.82) is 0 Å². The van der Waals surface area contributed by atoms with Gasteiger partial charge in [0.15, 0.2) is 5.84 Å². The second-order valence-corrected chi connectivity index (χ2v) is 2.62. The predicted octanol–water partition coefficient (Wildman–Crippen LogP) is 1.91. The molecule has 0 saturated carbocycles. The molecule has 0 aliphatic heterocycles. The van der Waals surface area contributed by atoms with Gasteiger partial charge in [0, 0.05) is 5.56 Å². The fourth-order valence-corrected chi connectivity index (χ4v) is 0.923. The third kappa shape index (κ3) is 3.15. The third-order valence-electron chi connectivity index (χ3n) is 1.62. The summed E-state index contributed by atoms with van der Waals surface area (Å²) in [5, 5.41) is 11.4. The van der Waals surface area contributed by atoms with Crippen LogP contribution in [0.15, 0.2) is 59.8 Å². The van der Waals surface area contributed by atoms with Crippen LogP contribution in [0.1, 0.15) is 5.56 Å². The van der Waals surface area contributed by atoms with Crippen LogP contribution in [0.25, 0.3) is 0 Å². The molecule has 3 N–H and O–H groups in total. The molecule has 3 nitrogen and oxygen atoms in total. The molecule has 0 atom stereocenters. The Morgan fingerprint density at radius 2 is 1.36 bits per heavy atom. The Balaban J connectivity index is 3.20. The smallest absolute Gasteiger partial charge is 0.170 e. The van der Waals surface area contributed by atoms with E-state index in [4.69, 9.17) is 10.9 Å². The van der Waals surface area contributed by atoms with E-state index in [1.165, 1.54) is 0 Å². The lowest BCUT2D eigenvalue weighted by Crippen LogP contribution is -2.12. The largest absolute Gasteiger partial charge is 0.409 e. The Morgan fingerprint density at radius 3 is 1.79 bits per heavy atom. The van der Waals surface area contributed by atoms with Crippen LogP contribution >= 0.6 is 0 Å². The molecule has 0 unspecified atom stereocenters. The molecule has 0 amide bonds. The lowest BCUT2D eigenvalue weighted by Gasteiger charge is -1.92. The van der Waals surface area contributed by atoms with E-state index >= 15 is 0 Å². The number of nitrogens with zero attached hydrogens (tertiary/aromatic N) is 1. The highest BCUT2D eigenvalue weighted by Gasteiger charge is 1.92. The van der Waals surface area contributed by atoms with Crippen LogP contribution in [-0.2, 0) is 0 Å². The van der Waals surface area contributed by atoms with E-state index in [1.807, 2.05) is 42.5 Å². The Hall–Kier alpha value is -2.03. The van der Waals surface area contributed by atoms with Crippen LogP contribution < -0.4 is 5.73 Å². The van der Waals surface area contributed by atoms with E-state index in [2.05, 4.69) is 5.16 Å². The van der Waals surface area contributed by atoms with Gasteiger partial charge in [0.1, 0.15) is 0 Å². The second-order valence-electron chi connectivity index (χ2n) is 2.62. The maximum absolute atomic E-state index is 8.51. The first-order valence-electron chi connectivity index (χ1n) is 4.21. The zero-order valence-corrected chi connectivity index (χ0v) is 7.67. The van der Waals surface area contributed by atoms with E-state index in [9.17, 15) is 0 Å². The summed E-state index contributed by atoms with van der Waals surface area (Å²) in [4.78, 5) is 0. The topological polar surface area (TPSA) is 58.6 Å². The molecule has 0 bridgehead atoms. The standard InChI is InChI=1S/C11H12N2O/c12-11(13-14)10-8-6-4-2-1-3-5-7-9-10/h1-9,14H,(H2,12,13). The summed E-state index contributed by atoms with van der Waals surface area (Å²) in [6.07, 6.45) is 0. The summed E-state index contributed by atoms with van der Waals surface area (Å²) in [6, 6.07) is 16.7. The molecule has 1 rings (SSSR count). The first-order chi connectivity index (χ1) is 6.84. The van der Waals surface area contributed by atoms with Crippen molar-refractivity contribution in [3.8, 4) is 0 Å². The Morgan fingerprint density at radius 1 is 0.929 bits per heavy atom. The maximum Gasteiger partial charge on any atom is 0.170 e. The molecule has 0 heterocycles. The van der Waals surface area contributed by atoms with Crippen LogP contribution in [-0.4, -0.2) is 11.0 Å². The SMILES string of the molecule is N/C(=N\O)c1ccccccccc1. The fourth-order valence-electron chi connectivity index (χ4n) is 0.923. The van der Waals surface area contributed by atoms with Crippen molar-refractivity contribution in [2.45, 2.75) is 0 Å². The first-order valence-corrected chi connectivity index (χ1v) is 4.21. The number of hydrogen-bond acceptors (Lipinski definition) is 2. The summed E-state index contributed by atoms with van der Waals surface area (Å²) >= 11 is 0. The number of amidine groups is 1. The van der Waals surface area contributed by atoms with E-state index in [1.54, 1.807) is 12.1 Å². The van der Waals surface area contributed by atoms with Crippen LogP contribution in [0.3, 0.4) is 0 Å². The van der Waals surface area contributed by atoms with Crippen molar-refractivity contribution < 1.29 is 5.21 Å². The highest BCUT2D eigenvalue weighted by molar-refractivity contribution is 5.96. The molecule has 3 heteroatoms. The summed E-state index contributed by atoms with van der Waals surface area (Å²) in [6.45, 7) is 0. The number of hydrogen-bond donors (Lipinski definition) is 2. The van der Waals surface area contributed by atoms with Crippen molar-refractivity contribution in [3.05, 3.63) is 60.2 Å². The monoisotopic (exact) mass is 188 g/mol. The quantitative estimate of drug-likeness (QED) is 0.306. The van der Waals surface area contributed by atoms with Gasteiger partial charge in [-0.1, -0.05) is 59.8 Å². The van der Waals surface area contributed by atoms with Gasteiger partial charge < -0.3 is 10.9 Å². The first kappa shape index (κ1) is 10.1. The molecule has 72 valence electrons. The minimum atomic E-state index is 0.101. The molecule has 1 aromatic rings. The Bertz CT molecular complexity index is 349. The van der Waals surface area contributed by atoms with Crippen LogP contribution in [0.2, 0.25) is 0 Å². The van der Waals surface area contributed by atoms with Crippen molar-refractivity contribution >= 4 is 5.84 Å². The van der Waals surface area contributed by atoms with Crippen LogP contribution in [0.4, 0.5) is 0 Å². The normalized spacial score (nSPS) is 10.4. The molecule has 0 fully saturated rings. The minimum Gasteiger partial charge on any atom is -0.409 e. The summed E-state index contributed by atoms with van der Waals surface area (Å²) in [5.74, 6) is 0.101. The molecule has 0 saturated heterocycles. The minimum absolute atomic E-state index is 0.101.